The van der Waals surface area contributed by atoms with Gasteiger partial charge in [0.15, 0.2) is 11.5 Å². The lowest BCUT2D eigenvalue weighted by Crippen LogP contribution is -2.12. The van der Waals surface area contributed by atoms with E-state index in [1.54, 1.807) is 19.1 Å². The first kappa shape index (κ1) is 18.5. The van der Waals surface area contributed by atoms with Crippen LogP contribution in [-0.4, -0.2) is 26.6 Å². The standard InChI is InChI=1S/C18H18O6S/c1-12-4-8-17(13(2)10-12)25(21,22)24-15-7-5-14(6-9-18(19)20)11-16(15)23-3/h4-11H,1-3H3,(H,19,20). The number of hydrogen-bond donors (Lipinski definition) is 1. The van der Waals surface area contributed by atoms with Crippen molar-refractivity contribution in [3.63, 3.8) is 0 Å². The van der Waals surface area contributed by atoms with Gasteiger partial charge in [-0.15, -0.1) is 0 Å². The molecule has 0 spiro atoms. The van der Waals surface area contributed by atoms with Crippen molar-refractivity contribution in [2.75, 3.05) is 7.11 Å². The Morgan fingerprint density at radius 3 is 2.40 bits per heavy atom. The number of aryl methyl sites for hydroxylation is 2. The van der Waals surface area contributed by atoms with E-state index in [1.165, 1.54) is 37.5 Å². The van der Waals surface area contributed by atoms with E-state index in [2.05, 4.69) is 0 Å². The van der Waals surface area contributed by atoms with Crippen LogP contribution in [0.5, 0.6) is 11.5 Å². The lowest BCUT2D eigenvalue weighted by Gasteiger charge is -2.13. The predicted molar refractivity (Wildman–Crippen MR) is 93.4 cm³/mol. The second-order valence-electron chi connectivity index (χ2n) is 5.39. The van der Waals surface area contributed by atoms with Crippen molar-refractivity contribution in [3.8, 4) is 11.5 Å². The number of carbonyl (C=O) groups is 1. The summed E-state index contributed by atoms with van der Waals surface area (Å²) in [5.41, 5.74) is 2.07. The molecular formula is C18H18O6S. The fourth-order valence-corrected chi connectivity index (χ4v) is 3.42. The van der Waals surface area contributed by atoms with Gasteiger partial charge in [0.05, 0.1) is 7.11 Å². The Balaban J connectivity index is 2.37. The fourth-order valence-electron chi connectivity index (χ4n) is 2.27. The summed E-state index contributed by atoms with van der Waals surface area (Å²) in [6.07, 6.45) is 2.34. The maximum Gasteiger partial charge on any atom is 0.339 e. The van der Waals surface area contributed by atoms with E-state index in [-0.39, 0.29) is 16.4 Å². The minimum absolute atomic E-state index is 0.0231. The molecule has 0 saturated carbocycles. The van der Waals surface area contributed by atoms with Crippen LogP contribution in [-0.2, 0) is 14.9 Å². The Hall–Kier alpha value is -2.80. The lowest BCUT2D eigenvalue weighted by atomic mass is 10.2. The van der Waals surface area contributed by atoms with Crippen molar-refractivity contribution >= 4 is 22.2 Å². The van der Waals surface area contributed by atoms with E-state index in [9.17, 15) is 13.2 Å². The predicted octanol–water partition coefficient (Wildman–Crippen LogP) is 3.18. The van der Waals surface area contributed by atoms with Crippen LogP contribution in [0.2, 0.25) is 0 Å². The van der Waals surface area contributed by atoms with Crippen molar-refractivity contribution in [2.45, 2.75) is 18.7 Å². The molecule has 7 heteroatoms. The Morgan fingerprint density at radius 2 is 1.80 bits per heavy atom. The molecule has 0 atom stereocenters. The zero-order valence-corrected chi connectivity index (χ0v) is 14.8. The zero-order chi connectivity index (χ0) is 18.6. The van der Waals surface area contributed by atoms with E-state index in [0.29, 0.717) is 11.1 Å². The normalized spacial score (nSPS) is 11.5. The van der Waals surface area contributed by atoms with Crippen LogP contribution < -0.4 is 8.92 Å². The first-order valence-corrected chi connectivity index (χ1v) is 8.74. The molecule has 2 aromatic rings. The minimum Gasteiger partial charge on any atom is -0.493 e. The zero-order valence-electron chi connectivity index (χ0n) is 14.0. The molecule has 0 unspecified atom stereocenters. The maximum absolute atomic E-state index is 12.5. The van der Waals surface area contributed by atoms with E-state index in [4.69, 9.17) is 14.0 Å². The molecule has 0 aliphatic heterocycles. The molecule has 1 N–H and O–H groups in total. The first-order chi connectivity index (χ1) is 11.7. The van der Waals surface area contributed by atoms with E-state index >= 15 is 0 Å². The number of carboxylic acids is 1. The van der Waals surface area contributed by atoms with Crippen LogP contribution in [0, 0.1) is 13.8 Å². The average Bonchev–Trinajstić information content (AvgIpc) is 2.53. The molecule has 0 amide bonds. The van der Waals surface area contributed by atoms with Gasteiger partial charge < -0.3 is 14.0 Å². The van der Waals surface area contributed by atoms with Crippen molar-refractivity contribution in [2.24, 2.45) is 0 Å². The number of rotatable bonds is 6. The first-order valence-electron chi connectivity index (χ1n) is 7.34. The number of aliphatic carboxylic acids is 1. The third kappa shape index (κ3) is 4.60. The molecule has 25 heavy (non-hydrogen) atoms. The topological polar surface area (TPSA) is 89.9 Å². The van der Waals surface area contributed by atoms with Crippen molar-refractivity contribution < 1.29 is 27.2 Å². The van der Waals surface area contributed by atoms with Crippen LogP contribution in [0.1, 0.15) is 16.7 Å². The molecule has 0 aliphatic rings. The Bertz CT molecular complexity index is 929. The Kier molecular flexibility index (Phi) is 5.48. The Morgan fingerprint density at radius 1 is 1.08 bits per heavy atom. The highest BCUT2D eigenvalue weighted by atomic mass is 32.2. The molecule has 0 bridgehead atoms. The quantitative estimate of drug-likeness (QED) is 0.627. The summed E-state index contributed by atoms with van der Waals surface area (Å²) in [5, 5.41) is 8.66. The molecule has 0 heterocycles. The second-order valence-corrected chi connectivity index (χ2v) is 6.90. The number of hydrogen-bond acceptors (Lipinski definition) is 5. The number of benzene rings is 2. The smallest absolute Gasteiger partial charge is 0.339 e. The summed E-state index contributed by atoms with van der Waals surface area (Å²) in [6.45, 7) is 3.57. The molecule has 0 saturated heterocycles. The van der Waals surface area contributed by atoms with Crippen molar-refractivity contribution in [1.29, 1.82) is 0 Å². The molecule has 2 rings (SSSR count). The number of ether oxygens (including phenoxy) is 1. The monoisotopic (exact) mass is 362 g/mol. The summed E-state index contributed by atoms with van der Waals surface area (Å²) in [5.74, 6) is -0.882. The molecule has 2 aromatic carbocycles. The van der Waals surface area contributed by atoms with Crippen LogP contribution in [0.25, 0.3) is 6.08 Å². The third-order valence-electron chi connectivity index (χ3n) is 3.41. The van der Waals surface area contributed by atoms with Gasteiger partial charge in [-0.05, 0) is 49.2 Å². The van der Waals surface area contributed by atoms with Gasteiger partial charge in [0.2, 0.25) is 0 Å². The highest BCUT2D eigenvalue weighted by molar-refractivity contribution is 7.87. The van der Waals surface area contributed by atoms with Gasteiger partial charge >= 0.3 is 16.1 Å². The summed E-state index contributed by atoms with van der Waals surface area (Å²) in [6, 6.07) is 9.40. The van der Waals surface area contributed by atoms with Gasteiger partial charge in [0.25, 0.3) is 0 Å². The SMILES string of the molecule is COc1cc(C=CC(=O)O)ccc1OS(=O)(=O)c1ccc(C)cc1C. The summed E-state index contributed by atoms with van der Waals surface area (Å²) < 4.78 is 35.4. The fraction of sp³-hybridized carbons (Fsp3) is 0.167. The van der Waals surface area contributed by atoms with Crippen LogP contribution >= 0.6 is 0 Å². The van der Waals surface area contributed by atoms with Gasteiger partial charge in [0, 0.05) is 6.08 Å². The maximum atomic E-state index is 12.5. The third-order valence-corrected chi connectivity index (χ3v) is 4.80. The highest BCUT2D eigenvalue weighted by Crippen LogP contribution is 2.32. The molecule has 0 aromatic heterocycles. The molecular weight excluding hydrogens is 344 g/mol. The highest BCUT2D eigenvalue weighted by Gasteiger charge is 2.21. The summed E-state index contributed by atoms with van der Waals surface area (Å²) in [4.78, 5) is 10.7. The molecule has 0 radical (unpaired) electrons. The molecule has 0 fully saturated rings. The van der Waals surface area contributed by atoms with E-state index < -0.39 is 16.1 Å². The van der Waals surface area contributed by atoms with Gasteiger partial charge in [0.1, 0.15) is 4.90 Å². The lowest BCUT2D eigenvalue weighted by molar-refractivity contribution is -0.131. The van der Waals surface area contributed by atoms with Gasteiger partial charge in [-0.2, -0.15) is 8.42 Å². The molecule has 0 aliphatic carbocycles. The van der Waals surface area contributed by atoms with Crippen LogP contribution in [0.15, 0.2) is 47.4 Å². The summed E-state index contributed by atoms with van der Waals surface area (Å²) in [7, 11) is -2.65. The molecule has 132 valence electrons. The molecule has 6 nitrogen and oxygen atoms in total. The number of carboxylic acid groups (broad SMARTS) is 1. The van der Waals surface area contributed by atoms with Gasteiger partial charge in [-0.25, -0.2) is 4.79 Å². The van der Waals surface area contributed by atoms with Gasteiger partial charge in [-0.1, -0.05) is 23.8 Å². The number of methoxy groups -OCH3 is 1. The van der Waals surface area contributed by atoms with Crippen molar-refractivity contribution in [1.82, 2.24) is 0 Å². The van der Waals surface area contributed by atoms with Gasteiger partial charge in [-0.3, -0.25) is 0 Å². The van der Waals surface area contributed by atoms with Crippen LogP contribution in [0.4, 0.5) is 0 Å². The van der Waals surface area contributed by atoms with E-state index in [1.807, 2.05) is 6.92 Å². The minimum atomic E-state index is -4.02. The average molecular weight is 362 g/mol. The Labute approximate surface area is 146 Å². The largest absolute Gasteiger partial charge is 0.493 e. The summed E-state index contributed by atoms with van der Waals surface area (Å²) >= 11 is 0. The van der Waals surface area contributed by atoms with Crippen LogP contribution in [0.3, 0.4) is 0 Å². The van der Waals surface area contributed by atoms with Crippen molar-refractivity contribution in [3.05, 3.63) is 59.2 Å². The second kappa shape index (κ2) is 7.40. The van der Waals surface area contributed by atoms with E-state index in [0.717, 1.165) is 11.6 Å².